The predicted octanol–water partition coefficient (Wildman–Crippen LogP) is 2.30. The Hall–Kier alpha value is -2.51. The van der Waals surface area contributed by atoms with E-state index in [2.05, 4.69) is 24.6 Å². The molecule has 0 spiro atoms. The van der Waals surface area contributed by atoms with Crippen molar-refractivity contribution in [1.82, 2.24) is 19.7 Å². The van der Waals surface area contributed by atoms with Gasteiger partial charge in [-0.15, -0.1) is 10.2 Å². The van der Waals surface area contributed by atoms with Gasteiger partial charge in [-0.2, -0.15) is 0 Å². The van der Waals surface area contributed by atoms with E-state index in [0.717, 1.165) is 37.6 Å². The van der Waals surface area contributed by atoms with E-state index in [9.17, 15) is 10.1 Å². The van der Waals surface area contributed by atoms with Gasteiger partial charge < -0.3 is 9.47 Å². The fourth-order valence-corrected chi connectivity index (χ4v) is 3.25. The highest BCUT2D eigenvalue weighted by molar-refractivity contribution is 5.43. The Balaban J connectivity index is 1.52. The van der Waals surface area contributed by atoms with Crippen LogP contribution in [0.15, 0.2) is 24.7 Å². The molecule has 0 amide bonds. The first-order chi connectivity index (χ1) is 11.2. The van der Waals surface area contributed by atoms with Crippen LogP contribution in [0.5, 0.6) is 0 Å². The van der Waals surface area contributed by atoms with Gasteiger partial charge in [0.05, 0.1) is 4.92 Å². The van der Waals surface area contributed by atoms with Crippen LogP contribution in [-0.4, -0.2) is 37.8 Å². The van der Waals surface area contributed by atoms with Crippen LogP contribution in [-0.2, 0) is 0 Å². The molecule has 120 valence electrons. The predicted molar refractivity (Wildman–Crippen MR) is 83.4 cm³/mol. The highest BCUT2D eigenvalue weighted by atomic mass is 16.6. The smallest absolute Gasteiger partial charge is 0.287 e. The maximum Gasteiger partial charge on any atom is 0.287 e. The second-order valence-corrected chi connectivity index (χ2v) is 6.24. The fourth-order valence-electron chi connectivity index (χ4n) is 3.25. The van der Waals surface area contributed by atoms with E-state index in [0.29, 0.717) is 12.0 Å². The zero-order valence-corrected chi connectivity index (χ0v) is 12.7. The van der Waals surface area contributed by atoms with Gasteiger partial charge in [-0.05, 0) is 31.7 Å². The monoisotopic (exact) mass is 314 g/mol. The van der Waals surface area contributed by atoms with E-state index in [4.69, 9.17) is 0 Å². The minimum atomic E-state index is -0.423. The second-order valence-electron chi connectivity index (χ2n) is 6.24. The third kappa shape index (κ3) is 2.76. The van der Waals surface area contributed by atoms with Crippen LogP contribution in [0.25, 0.3) is 0 Å². The van der Waals surface area contributed by atoms with Gasteiger partial charge in [0.1, 0.15) is 24.2 Å². The molecule has 0 radical (unpaired) electrons. The van der Waals surface area contributed by atoms with E-state index >= 15 is 0 Å². The lowest BCUT2D eigenvalue weighted by Gasteiger charge is -2.33. The summed E-state index contributed by atoms with van der Waals surface area (Å²) in [6.45, 7) is 1.75. The van der Waals surface area contributed by atoms with Crippen molar-refractivity contribution in [3.63, 3.8) is 0 Å². The summed E-state index contributed by atoms with van der Waals surface area (Å²) >= 11 is 0. The molecule has 0 bridgehead atoms. The molecule has 2 aliphatic rings. The molecule has 2 fully saturated rings. The number of aromatic nitrogens is 4. The van der Waals surface area contributed by atoms with Gasteiger partial charge in [0, 0.05) is 31.1 Å². The molecule has 0 aromatic carbocycles. The average Bonchev–Trinajstić information content (AvgIpc) is 3.32. The molecule has 1 atom stereocenters. The van der Waals surface area contributed by atoms with Gasteiger partial charge in [0.15, 0.2) is 0 Å². The quantitative estimate of drug-likeness (QED) is 0.635. The number of anilines is 1. The average molecular weight is 314 g/mol. The lowest BCUT2D eigenvalue weighted by atomic mass is 9.97. The molecule has 23 heavy (non-hydrogen) atoms. The molecule has 0 N–H and O–H groups in total. The molecule has 2 aromatic heterocycles. The van der Waals surface area contributed by atoms with Crippen molar-refractivity contribution in [1.29, 1.82) is 0 Å². The molecule has 1 saturated carbocycles. The summed E-state index contributed by atoms with van der Waals surface area (Å²) in [5.41, 5.74) is 0.0239. The molecular weight excluding hydrogens is 296 g/mol. The largest absolute Gasteiger partial charge is 0.356 e. The molecule has 8 nitrogen and oxygen atoms in total. The zero-order chi connectivity index (χ0) is 15.8. The first kappa shape index (κ1) is 14.1. The Kier molecular flexibility index (Phi) is 3.44. The molecule has 3 heterocycles. The summed E-state index contributed by atoms with van der Waals surface area (Å²) < 4.78 is 2.22. The first-order valence-electron chi connectivity index (χ1n) is 7.97. The van der Waals surface area contributed by atoms with Crippen LogP contribution >= 0.6 is 0 Å². The van der Waals surface area contributed by atoms with Crippen molar-refractivity contribution >= 4 is 11.5 Å². The Bertz CT molecular complexity index is 709. The Labute approximate surface area is 133 Å². The van der Waals surface area contributed by atoms with Gasteiger partial charge in [-0.25, -0.2) is 4.98 Å². The van der Waals surface area contributed by atoms with E-state index in [1.54, 1.807) is 6.07 Å². The Morgan fingerprint density at radius 1 is 1.26 bits per heavy atom. The highest BCUT2D eigenvalue weighted by Gasteiger charge is 2.31. The number of pyridine rings is 1. The van der Waals surface area contributed by atoms with Crippen LogP contribution in [0.1, 0.15) is 43.5 Å². The number of piperidine rings is 1. The van der Waals surface area contributed by atoms with Crippen LogP contribution in [0, 0.1) is 10.1 Å². The van der Waals surface area contributed by atoms with Gasteiger partial charge >= 0.3 is 0 Å². The van der Waals surface area contributed by atoms with Crippen LogP contribution in [0.3, 0.4) is 0 Å². The van der Waals surface area contributed by atoms with Gasteiger partial charge in [0.2, 0.25) is 0 Å². The minimum Gasteiger partial charge on any atom is -0.356 e. The van der Waals surface area contributed by atoms with Crippen LogP contribution in [0.2, 0.25) is 0 Å². The second kappa shape index (κ2) is 5.60. The number of rotatable bonds is 4. The van der Waals surface area contributed by atoms with Crippen LogP contribution in [0.4, 0.5) is 11.5 Å². The summed E-state index contributed by atoms with van der Waals surface area (Å²) in [6, 6.07) is 3.82. The lowest BCUT2D eigenvalue weighted by molar-refractivity contribution is -0.385. The summed E-state index contributed by atoms with van der Waals surface area (Å²) in [6.07, 6.45) is 7.74. The molecular formula is C15H18N6O2. The number of hydrogen-bond acceptors (Lipinski definition) is 6. The zero-order valence-electron chi connectivity index (χ0n) is 12.7. The molecule has 1 saturated heterocycles. The first-order valence-corrected chi connectivity index (χ1v) is 7.97. The number of nitrogens with zero attached hydrogens (tertiary/aromatic N) is 6. The van der Waals surface area contributed by atoms with Crippen molar-refractivity contribution in [3.05, 3.63) is 40.6 Å². The summed E-state index contributed by atoms with van der Waals surface area (Å²) in [4.78, 5) is 16.7. The van der Waals surface area contributed by atoms with E-state index in [1.807, 2.05) is 6.33 Å². The normalized spacial score (nSPS) is 21.4. The standard InChI is InChI=1S/C15H18N6O2/c22-21(23)13-5-6-14(16-8-13)19-7-1-2-11(9-19)15-18-17-10-20(15)12-3-4-12/h5-6,8,10-12H,1-4,7,9H2. The van der Waals surface area contributed by atoms with E-state index in [1.165, 1.54) is 25.1 Å². The third-order valence-corrected chi connectivity index (χ3v) is 4.59. The van der Waals surface area contributed by atoms with Crippen molar-refractivity contribution in [3.8, 4) is 0 Å². The van der Waals surface area contributed by atoms with Gasteiger partial charge in [-0.3, -0.25) is 10.1 Å². The maximum atomic E-state index is 10.7. The molecule has 8 heteroatoms. The summed E-state index contributed by atoms with van der Waals surface area (Å²) in [5.74, 6) is 2.20. The lowest BCUT2D eigenvalue weighted by Crippen LogP contribution is -2.35. The van der Waals surface area contributed by atoms with Crippen molar-refractivity contribution in [2.45, 2.75) is 37.6 Å². The minimum absolute atomic E-state index is 0.0239. The maximum absolute atomic E-state index is 10.7. The van der Waals surface area contributed by atoms with Gasteiger partial charge in [-0.1, -0.05) is 0 Å². The molecule has 2 aromatic rings. The molecule has 1 unspecified atom stereocenters. The topological polar surface area (TPSA) is 90.0 Å². The third-order valence-electron chi connectivity index (χ3n) is 4.59. The Morgan fingerprint density at radius 3 is 2.83 bits per heavy atom. The van der Waals surface area contributed by atoms with E-state index in [-0.39, 0.29) is 5.69 Å². The number of hydrogen-bond donors (Lipinski definition) is 0. The van der Waals surface area contributed by atoms with E-state index < -0.39 is 4.92 Å². The van der Waals surface area contributed by atoms with Crippen molar-refractivity contribution < 1.29 is 4.92 Å². The highest BCUT2D eigenvalue weighted by Crippen LogP contribution is 2.38. The summed E-state index contributed by atoms with van der Waals surface area (Å²) in [7, 11) is 0. The molecule has 1 aliphatic carbocycles. The van der Waals surface area contributed by atoms with Crippen molar-refractivity contribution in [2.24, 2.45) is 0 Å². The fraction of sp³-hybridized carbons (Fsp3) is 0.533. The van der Waals surface area contributed by atoms with Crippen LogP contribution < -0.4 is 4.90 Å². The summed E-state index contributed by atoms with van der Waals surface area (Å²) in [5, 5.41) is 19.2. The SMILES string of the molecule is O=[N+]([O-])c1ccc(N2CCCC(c3nncn3C3CC3)C2)nc1. The number of nitro groups is 1. The van der Waals surface area contributed by atoms with Gasteiger partial charge in [0.25, 0.3) is 5.69 Å². The van der Waals surface area contributed by atoms with Crippen molar-refractivity contribution in [2.75, 3.05) is 18.0 Å². The Morgan fingerprint density at radius 2 is 2.13 bits per heavy atom. The molecule has 4 rings (SSSR count). The molecule has 1 aliphatic heterocycles.